The number of anilines is 4. The SMILES string of the molecule is O=C(CCl)Nc1ccc(NC(=O)CCl)c2c1C(=O)c1c(NC(=O)CCl)ccc(NC(=O)CCl)c1C2=O. The first-order valence-corrected chi connectivity index (χ1v) is 12.2. The maximum Gasteiger partial charge on any atom is 0.239 e. The van der Waals surface area contributed by atoms with Gasteiger partial charge in [-0.25, -0.2) is 0 Å². The summed E-state index contributed by atoms with van der Waals surface area (Å²) in [6.45, 7) is 0. The highest BCUT2D eigenvalue weighted by atomic mass is 35.5. The van der Waals surface area contributed by atoms with Crippen molar-refractivity contribution in [3.63, 3.8) is 0 Å². The predicted molar refractivity (Wildman–Crippen MR) is 137 cm³/mol. The molecule has 0 saturated carbocycles. The third-order valence-corrected chi connectivity index (χ3v) is 5.87. The molecule has 0 atom stereocenters. The Labute approximate surface area is 224 Å². The Morgan fingerprint density at radius 2 is 0.667 bits per heavy atom. The molecule has 188 valence electrons. The van der Waals surface area contributed by atoms with Crippen molar-refractivity contribution in [2.45, 2.75) is 0 Å². The van der Waals surface area contributed by atoms with Crippen LogP contribution in [0.25, 0.3) is 0 Å². The first-order valence-electron chi connectivity index (χ1n) is 10.0. The van der Waals surface area contributed by atoms with Gasteiger partial charge in [0.25, 0.3) is 0 Å². The fourth-order valence-electron chi connectivity index (χ4n) is 3.55. The molecule has 0 aromatic heterocycles. The standard InChI is InChI=1S/C22H16Cl4N4O6/c23-5-13(31)27-9-1-2-10(28-14(32)6-24)18-17(9)21(35)19-11(29-15(33)7-25)3-4-12(20(19)22(18)36)30-16(34)8-26/h1-4H,5-8H2,(H,27,31)(H,28,32)(H,29,33)(H,30,34). The summed E-state index contributed by atoms with van der Waals surface area (Å²) >= 11 is 22.3. The Bertz CT molecular complexity index is 1120. The zero-order chi connectivity index (χ0) is 26.6. The van der Waals surface area contributed by atoms with E-state index in [9.17, 15) is 28.8 Å². The Hall–Kier alpha value is -3.18. The van der Waals surface area contributed by atoms with Crippen molar-refractivity contribution in [2.75, 3.05) is 44.8 Å². The van der Waals surface area contributed by atoms with Crippen LogP contribution in [0.4, 0.5) is 22.7 Å². The molecule has 4 N–H and O–H groups in total. The summed E-state index contributed by atoms with van der Waals surface area (Å²) < 4.78 is 0. The van der Waals surface area contributed by atoms with Gasteiger partial charge in [-0.2, -0.15) is 0 Å². The van der Waals surface area contributed by atoms with Gasteiger partial charge in [0.1, 0.15) is 23.5 Å². The highest BCUT2D eigenvalue weighted by molar-refractivity contribution is 6.38. The molecule has 4 amide bonds. The number of hydrogen-bond acceptors (Lipinski definition) is 6. The fraction of sp³-hybridized carbons (Fsp3) is 0.182. The lowest BCUT2D eigenvalue weighted by molar-refractivity contribution is -0.114. The van der Waals surface area contributed by atoms with E-state index in [-0.39, 0.29) is 45.0 Å². The summed E-state index contributed by atoms with van der Waals surface area (Å²) in [6, 6.07) is 5.22. The van der Waals surface area contributed by atoms with Crippen molar-refractivity contribution in [3.05, 3.63) is 46.5 Å². The molecule has 14 heteroatoms. The van der Waals surface area contributed by atoms with E-state index in [1.165, 1.54) is 24.3 Å². The van der Waals surface area contributed by atoms with E-state index in [0.717, 1.165) is 0 Å². The Kier molecular flexibility index (Phi) is 8.91. The summed E-state index contributed by atoms with van der Waals surface area (Å²) in [5.41, 5.74) is -1.30. The van der Waals surface area contributed by atoms with Crippen LogP contribution < -0.4 is 21.3 Å². The fourth-order valence-corrected chi connectivity index (χ4v) is 3.82. The third-order valence-electron chi connectivity index (χ3n) is 4.90. The Balaban J connectivity index is 2.34. The quantitative estimate of drug-likeness (QED) is 0.304. The second-order valence-corrected chi connectivity index (χ2v) is 8.28. The number of carbonyl (C=O) groups excluding carboxylic acids is 6. The number of benzene rings is 2. The van der Waals surface area contributed by atoms with Gasteiger partial charge in [0.15, 0.2) is 11.6 Å². The molecule has 0 saturated heterocycles. The second kappa shape index (κ2) is 11.7. The minimum Gasteiger partial charge on any atom is -0.324 e. The molecular weight excluding hydrogens is 558 g/mol. The minimum atomic E-state index is -0.793. The van der Waals surface area contributed by atoms with Gasteiger partial charge in [0.2, 0.25) is 23.6 Å². The van der Waals surface area contributed by atoms with Gasteiger partial charge in [-0.05, 0) is 24.3 Å². The van der Waals surface area contributed by atoms with Crippen LogP contribution in [-0.4, -0.2) is 58.7 Å². The Morgan fingerprint density at radius 1 is 0.472 bits per heavy atom. The molecule has 0 heterocycles. The number of ketones is 2. The van der Waals surface area contributed by atoms with E-state index in [4.69, 9.17) is 46.4 Å². The minimum absolute atomic E-state index is 0.0617. The van der Waals surface area contributed by atoms with Gasteiger partial charge in [0.05, 0.1) is 45.0 Å². The molecule has 10 nitrogen and oxygen atoms in total. The van der Waals surface area contributed by atoms with Crippen LogP contribution in [0.2, 0.25) is 0 Å². The number of halogens is 4. The van der Waals surface area contributed by atoms with E-state index in [1.807, 2.05) is 0 Å². The first-order chi connectivity index (χ1) is 17.2. The zero-order valence-corrected chi connectivity index (χ0v) is 21.1. The molecule has 3 rings (SSSR count). The number of fused-ring (bicyclic) bond motifs is 2. The number of hydrogen-bond donors (Lipinski definition) is 4. The van der Waals surface area contributed by atoms with Gasteiger partial charge < -0.3 is 21.3 Å². The summed E-state index contributed by atoms with van der Waals surface area (Å²) in [4.78, 5) is 75.7. The van der Waals surface area contributed by atoms with Crippen LogP contribution in [0.5, 0.6) is 0 Å². The monoisotopic (exact) mass is 572 g/mol. The van der Waals surface area contributed by atoms with Crippen molar-refractivity contribution in [2.24, 2.45) is 0 Å². The number of amides is 4. The van der Waals surface area contributed by atoms with Crippen molar-refractivity contribution in [1.82, 2.24) is 0 Å². The van der Waals surface area contributed by atoms with Gasteiger partial charge in [-0.1, -0.05) is 0 Å². The van der Waals surface area contributed by atoms with Gasteiger partial charge in [-0.15, -0.1) is 46.4 Å². The lowest BCUT2D eigenvalue weighted by atomic mass is 9.80. The van der Waals surface area contributed by atoms with E-state index < -0.39 is 58.7 Å². The van der Waals surface area contributed by atoms with Crippen LogP contribution >= 0.6 is 46.4 Å². The molecule has 0 unspecified atom stereocenters. The first kappa shape index (κ1) is 27.4. The number of rotatable bonds is 8. The lowest BCUT2D eigenvalue weighted by Gasteiger charge is -2.26. The number of alkyl halides is 4. The van der Waals surface area contributed by atoms with Crippen molar-refractivity contribution >= 4 is 104 Å². The maximum atomic E-state index is 13.9. The molecule has 2 aromatic rings. The van der Waals surface area contributed by atoms with E-state index >= 15 is 0 Å². The summed E-state index contributed by atoms with van der Waals surface area (Å²) in [6.07, 6.45) is 0. The summed E-state index contributed by atoms with van der Waals surface area (Å²) in [5.74, 6) is -6.01. The number of nitrogens with one attached hydrogen (secondary N) is 4. The van der Waals surface area contributed by atoms with Crippen molar-refractivity contribution < 1.29 is 28.8 Å². The maximum absolute atomic E-state index is 13.9. The molecule has 2 aromatic carbocycles. The third kappa shape index (κ3) is 5.46. The molecule has 36 heavy (non-hydrogen) atoms. The smallest absolute Gasteiger partial charge is 0.239 e. The largest absolute Gasteiger partial charge is 0.324 e. The van der Waals surface area contributed by atoms with Crippen LogP contribution in [0.15, 0.2) is 24.3 Å². The summed E-state index contributed by atoms with van der Waals surface area (Å²) in [7, 11) is 0. The van der Waals surface area contributed by atoms with Crippen LogP contribution in [0.3, 0.4) is 0 Å². The zero-order valence-electron chi connectivity index (χ0n) is 18.1. The second-order valence-electron chi connectivity index (χ2n) is 7.21. The normalized spacial score (nSPS) is 11.8. The van der Waals surface area contributed by atoms with E-state index in [2.05, 4.69) is 21.3 Å². The summed E-state index contributed by atoms with van der Waals surface area (Å²) in [5, 5.41) is 9.78. The van der Waals surface area contributed by atoms with Crippen molar-refractivity contribution in [1.29, 1.82) is 0 Å². The lowest BCUT2D eigenvalue weighted by Crippen LogP contribution is -2.29. The molecule has 1 aliphatic rings. The van der Waals surface area contributed by atoms with Crippen LogP contribution in [0.1, 0.15) is 31.8 Å². The highest BCUT2D eigenvalue weighted by Crippen LogP contribution is 2.42. The number of carbonyl (C=O) groups is 6. The van der Waals surface area contributed by atoms with Gasteiger partial charge in [0, 0.05) is 0 Å². The molecule has 0 spiro atoms. The van der Waals surface area contributed by atoms with Crippen LogP contribution in [-0.2, 0) is 19.2 Å². The molecule has 0 fully saturated rings. The molecule has 0 aliphatic heterocycles. The van der Waals surface area contributed by atoms with Crippen molar-refractivity contribution in [3.8, 4) is 0 Å². The van der Waals surface area contributed by atoms with Gasteiger partial charge in [-0.3, -0.25) is 28.8 Å². The molecule has 0 bridgehead atoms. The predicted octanol–water partition coefficient (Wildman–Crippen LogP) is 3.17. The van der Waals surface area contributed by atoms with Crippen LogP contribution in [0, 0.1) is 0 Å². The molecular formula is C22H16Cl4N4O6. The van der Waals surface area contributed by atoms with E-state index in [1.54, 1.807) is 0 Å². The average molecular weight is 574 g/mol. The molecule has 1 aliphatic carbocycles. The van der Waals surface area contributed by atoms with Gasteiger partial charge >= 0.3 is 0 Å². The topological polar surface area (TPSA) is 151 Å². The average Bonchev–Trinajstić information content (AvgIpc) is 2.87. The molecule has 0 radical (unpaired) electrons. The Morgan fingerprint density at radius 3 is 0.833 bits per heavy atom. The van der Waals surface area contributed by atoms with E-state index in [0.29, 0.717) is 0 Å². The highest BCUT2D eigenvalue weighted by Gasteiger charge is 2.38.